The first-order chi connectivity index (χ1) is 11.3. The Bertz CT molecular complexity index is 848. The summed E-state index contributed by atoms with van der Waals surface area (Å²) in [5.74, 6) is 0. The van der Waals surface area contributed by atoms with Gasteiger partial charge in [0.05, 0.1) is 10.9 Å². The molecule has 2 aromatic rings. The van der Waals surface area contributed by atoms with Gasteiger partial charge in [0, 0.05) is 6.54 Å². The van der Waals surface area contributed by atoms with E-state index in [1.165, 1.54) is 0 Å². The largest absolute Gasteiger partial charge is 0.244 e. The van der Waals surface area contributed by atoms with Crippen LogP contribution < -0.4 is 0 Å². The maximum Gasteiger partial charge on any atom is 0.244 e. The highest BCUT2D eigenvalue weighted by atomic mass is 32.2. The molecule has 1 heterocycles. The lowest BCUT2D eigenvalue weighted by Gasteiger charge is -2.27. The minimum atomic E-state index is -3.50. The van der Waals surface area contributed by atoms with Crippen molar-refractivity contribution in [1.29, 1.82) is 0 Å². The second kappa shape index (κ2) is 6.34. The average Bonchev–Trinajstić information content (AvgIpc) is 2.96. The molecule has 1 aliphatic rings. The van der Waals surface area contributed by atoms with Crippen molar-refractivity contribution in [2.75, 3.05) is 6.54 Å². The van der Waals surface area contributed by atoms with Crippen molar-refractivity contribution in [2.45, 2.75) is 51.5 Å². The standard InChI is InChI=1S/C20H25NO2S/c1-14-12-16(3)20(17(4)13-14)24(22,23)21-11-7-10-19(21)18-9-6-5-8-15(18)2/h5-6,8-9,12-13,19H,7,10-11H2,1-4H3/t19-/m0/s1. The van der Waals surface area contributed by atoms with E-state index in [-0.39, 0.29) is 6.04 Å². The van der Waals surface area contributed by atoms with Crippen molar-refractivity contribution >= 4 is 10.0 Å². The fourth-order valence-electron chi connectivity index (χ4n) is 3.99. The predicted molar refractivity (Wildman–Crippen MR) is 97.7 cm³/mol. The Morgan fingerprint density at radius 1 is 0.958 bits per heavy atom. The minimum Gasteiger partial charge on any atom is -0.207 e. The zero-order chi connectivity index (χ0) is 17.5. The number of benzene rings is 2. The summed E-state index contributed by atoms with van der Waals surface area (Å²) in [5.41, 5.74) is 5.05. The maximum absolute atomic E-state index is 13.4. The van der Waals surface area contributed by atoms with Crippen LogP contribution >= 0.6 is 0 Å². The van der Waals surface area contributed by atoms with Gasteiger partial charge in [-0.25, -0.2) is 8.42 Å². The van der Waals surface area contributed by atoms with Crippen LogP contribution in [0.2, 0.25) is 0 Å². The second-order valence-electron chi connectivity index (χ2n) is 6.86. The highest BCUT2D eigenvalue weighted by Crippen LogP contribution is 2.39. The zero-order valence-electron chi connectivity index (χ0n) is 14.8. The predicted octanol–water partition coefficient (Wildman–Crippen LogP) is 4.45. The molecule has 0 aromatic heterocycles. The molecule has 1 atom stereocenters. The molecule has 128 valence electrons. The summed E-state index contributed by atoms with van der Waals surface area (Å²) in [4.78, 5) is 0.480. The van der Waals surface area contributed by atoms with Gasteiger partial charge < -0.3 is 0 Å². The Kier molecular flexibility index (Phi) is 4.54. The van der Waals surface area contributed by atoms with E-state index < -0.39 is 10.0 Å². The molecule has 1 aliphatic heterocycles. The van der Waals surface area contributed by atoms with E-state index in [0.717, 1.165) is 40.7 Å². The molecular formula is C20H25NO2S. The van der Waals surface area contributed by atoms with Gasteiger partial charge in [-0.3, -0.25) is 0 Å². The Morgan fingerprint density at radius 3 is 2.21 bits per heavy atom. The van der Waals surface area contributed by atoms with Crippen LogP contribution in [0.25, 0.3) is 0 Å². The maximum atomic E-state index is 13.4. The molecule has 0 unspecified atom stereocenters. The summed E-state index contributed by atoms with van der Waals surface area (Å²) in [7, 11) is -3.50. The molecule has 0 aliphatic carbocycles. The molecule has 1 saturated heterocycles. The van der Waals surface area contributed by atoms with E-state index in [9.17, 15) is 8.42 Å². The molecule has 0 saturated carbocycles. The number of rotatable bonds is 3. The smallest absolute Gasteiger partial charge is 0.207 e. The van der Waals surface area contributed by atoms with Crippen LogP contribution in [0.1, 0.15) is 46.7 Å². The van der Waals surface area contributed by atoms with Gasteiger partial charge in [0.25, 0.3) is 0 Å². The second-order valence-corrected chi connectivity index (χ2v) is 8.69. The summed E-state index contributed by atoms with van der Waals surface area (Å²) in [5, 5.41) is 0. The summed E-state index contributed by atoms with van der Waals surface area (Å²) >= 11 is 0. The minimum absolute atomic E-state index is 0.0590. The summed E-state index contributed by atoms with van der Waals surface area (Å²) in [6.07, 6.45) is 1.79. The van der Waals surface area contributed by atoms with Crippen molar-refractivity contribution in [1.82, 2.24) is 4.31 Å². The third-order valence-electron chi connectivity index (χ3n) is 4.92. The van der Waals surface area contributed by atoms with Crippen molar-refractivity contribution in [3.63, 3.8) is 0 Å². The van der Waals surface area contributed by atoms with E-state index in [2.05, 4.69) is 19.1 Å². The quantitative estimate of drug-likeness (QED) is 0.826. The molecule has 0 spiro atoms. The fraction of sp³-hybridized carbons (Fsp3) is 0.400. The lowest BCUT2D eigenvalue weighted by Crippen LogP contribution is -2.32. The Hall–Kier alpha value is -1.65. The molecule has 0 N–H and O–H groups in total. The molecule has 4 heteroatoms. The lowest BCUT2D eigenvalue weighted by molar-refractivity contribution is 0.395. The first-order valence-electron chi connectivity index (χ1n) is 8.47. The number of nitrogens with zero attached hydrogens (tertiary/aromatic N) is 1. The van der Waals surface area contributed by atoms with Gasteiger partial charge >= 0.3 is 0 Å². The summed E-state index contributed by atoms with van der Waals surface area (Å²) < 4.78 is 28.5. The molecule has 24 heavy (non-hydrogen) atoms. The first-order valence-corrected chi connectivity index (χ1v) is 9.91. The van der Waals surface area contributed by atoms with Crippen LogP contribution in [0.4, 0.5) is 0 Å². The van der Waals surface area contributed by atoms with Gasteiger partial charge in [0.1, 0.15) is 0 Å². The highest BCUT2D eigenvalue weighted by molar-refractivity contribution is 7.89. The van der Waals surface area contributed by atoms with Crippen LogP contribution in [0.5, 0.6) is 0 Å². The van der Waals surface area contributed by atoms with E-state index in [0.29, 0.717) is 11.4 Å². The molecule has 0 bridgehead atoms. The molecular weight excluding hydrogens is 318 g/mol. The molecule has 0 radical (unpaired) electrons. The van der Waals surface area contributed by atoms with Gasteiger partial charge in [-0.05, 0) is 62.8 Å². The van der Waals surface area contributed by atoms with Gasteiger partial charge in [-0.2, -0.15) is 4.31 Å². The molecule has 3 nitrogen and oxygen atoms in total. The van der Waals surface area contributed by atoms with Crippen LogP contribution in [-0.4, -0.2) is 19.3 Å². The van der Waals surface area contributed by atoms with E-state index in [4.69, 9.17) is 0 Å². The number of sulfonamides is 1. The van der Waals surface area contributed by atoms with Crippen molar-refractivity contribution in [3.05, 3.63) is 64.2 Å². The lowest BCUT2D eigenvalue weighted by atomic mass is 10.0. The van der Waals surface area contributed by atoms with Crippen LogP contribution in [-0.2, 0) is 10.0 Å². The third-order valence-corrected chi connectivity index (χ3v) is 7.14. The van der Waals surface area contributed by atoms with Crippen molar-refractivity contribution in [2.24, 2.45) is 0 Å². The van der Waals surface area contributed by atoms with E-state index >= 15 is 0 Å². The fourth-order valence-corrected chi connectivity index (χ4v) is 6.08. The normalized spacial score (nSPS) is 18.9. The molecule has 0 amide bonds. The van der Waals surface area contributed by atoms with Gasteiger partial charge in [-0.15, -0.1) is 0 Å². The SMILES string of the molecule is Cc1cc(C)c(S(=O)(=O)N2CCC[C@H]2c2ccccc2C)c(C)c1. The molecule has 1 fully saturated rings. The summed E-state index contributed by atoms with van der Waals surface area (Å²) in [6, 6.07) is 12.0. The average molecular weight is 343 g/mol. The van der Waals surface area contributed by atoms with Crippen molar-refractivity contribution < 1.29 is 8.42 Å². The zero-order valence-corrected chi connectivity index (χ0v) is 15.7. The topological polar surface area (TPSA) is 37.4 Å². The first kappa shape index (κ1) is 17.2. The van der Waals surface area contributed by atoms with Gasteiger partial charge in [0.2, 0.25) is 10.0 Å². The third kappa shape index (κ3) is 2.89. The Balaban J connectivity index is 2.09. The van der Waals surface area contributed by atoms with Crippen LogP contribution in [0.15, 0.2) is 41.3 Å². The van der Waals surface area contributed by atoms with E-state index in [1.807, 2.05) is 45.0 Å². The van der Waals surface area contributed by atoms with Crippen LogP contribution in [0.3, 0.4) is 0 Å². The van der Waals surface area contributed by atoms with E-state index in [1.54, 1.807) is 4.31 Å². The summed E-state index contributed by atoms with van der Waals surface area (Å²) in [6.45, 7) is 8.44. The van der Waals surface area contributed by atoms with Crippen molar-refractivity contribution in [3.8, 4) is 0 Å². The Morgan fingerprint density at radius 2 is 1.58 bits per heavy atom. The number of hydrogen-bond donors (Lipinski definition) is 0. The Labute approximate surface area is 145 Å². The van der Waals surface area contributed by atoms with Gasteiger partial charge in [-0.1, -0.05) is 42.0 Å². The number of hydrogen-bond acceptors (Lipinski definition) is 2. The monoisotopic (exact) mass is 343 g/mol. The number of aryl methyl sites for hydroxylation is 4. The van der Waals surface area contributed by atoms with Crippen LogP contribution in [0, 0.1) is 27.7 Å². The highest BCUT2D eigenvalue weighted by Gasteiger charge is 2.38. The van der Waals surface area contributed by atoms with Gasteiger partial charge in [0.15, 0.2) is 0 Å². The molecule has 3 rings (SSSR count). The molecule has 2 aromatic carbocycles.